The summed E-state index contributed by atoms with van der Waals surface area (Å²) >= 11 is 6.04. The van der Waals surface area contributed by atoms with Crippen LogP contribution in [0.4, 0.5) is 14.9 Å². The number of rotatable bonds is 4. The molecule has 1 fully saturated rings. The van der Waals surface area contributed by atoms with Crippen LogP contribution in [0.25, 0.3) is 0 Å². The third-order valence-electron chi connectivity index (χ3n) is 3.98. The average Bonchev–Trinajstić information content (AvgIpc) is 2.94. The predicted octanol–water partition coefficient (Wildman–Crippen LogP) is 3.08. The summed E-state index contributed by atoms with van der Waals surface area (Å²) in [6.45, 7) is 0.599. The van der Waals surface area contributed by atoms with Crippen LogP contribution >= 0.6 is 11.6 Å². The van der Waals surface area contributed by atoms with Crippen LogP contribution in [0.5, 0.6) is 0 Å². The molecule has 0 bridgehead atoms. The Bertz CT molecular complexity index is 799. The molecule has 1 aliphatic rings. The van der Waals surface area contributed by atoms with E-state index in [1.54, 1.807) is 18.2 Å². The van der Waals surface area contributed by atoms with Crippen molar-refractivity contribution in [2.75, 3.05) is 11.4 Å². The minimum Gasteiger partial charge on any atom is -0.334 e. The molecule has 0 unspecified atom stereocenters. The molecular weight excluding hydrogens is 345 g/mol. The molecule has 0 radical (unpaired) electrons. The van der Waals surface area contributed by atoms with Gasteiger partial charge in [0.2, 0.25) is 5.91 Å². The van der Waals surface area contributed by atoms with Crippen molar-refractivity contribution in [2.45, 2.75) is 19.0 Å². The van der Waals surface area contributed by atoms with Crippen molar-refractivity contribution in [1.29, 1.82) is 0 Å². The number of carbonyl (C=O) groups excluding carboxylic acids is 2. The Kier molecular flexibility index (Phi) is 5.19. The van der Waals surface area contributed by atoms with Gasteiger partial charge in [0.25, 0.3) is 0 Å². The molecule has 3 amide bonds. The minimum atomic E-state index is -0.404. The number of halogens is 2. The first-order valence-corrected chi connectivity index (χ1v) is 8.24. The van der Waals surface area contributed by atoms with Gasteiger partial charge >= 0.3 is 6.03 Å². The van der Waals surface area contributed by atoms with Gasteiger partial charge in [0.05, 0.1) is 6.04 Å². The highest BCUT2D eigenvalue weighted by molar-refractivity contribution is 6.31. The van der Waals surface area contributed by atoms with Gasteiger partial charge in [-0.05, 0) is 29.8 Å². The van der Waals surface area contributed by atoms with Crippen LogP contribution in [-0.4, -0.2) is 24.5 Å². The zero-order valence-corrected chi connectivity index (χ0v) is 14.1. The summed E-state index contributed by atoms with van der Waals surface area (Å²) in [5.74, 6) is -0.554. The van der Waals surface area contributed by atoms with Crippen LogP contribution in [0.3, 0.4) is 0 Å². The maximum absolute atomic E-state index is 13.3. The summed E-state index contributed by atoms with van der Waals surface area (Å²) in [6, 6.07) is 12.4. The highest BCUT2D eigenvalue weighted by atomic mass is 35.5. The van der Waals surface area contributed by atoms with Gasteiger partial charge in [0.1, 0.15) is 5.82 Å². The molecule has 0 aromatic heterocycles. The minimum absolute atomic E-state index is 0.151. The first-order valence-electron chi connectivity index (χ1n) is 7.86. The molecule has 7 heteroatoms. The highest BCUT2D eigenvalue weighted by Crippen LogP contribution is 2.22. The summed E-state index contributed by atoms with van der Waals surface area (Å²) in [5.41, 5.74) is 1.30. The molecule has 1 saturated heterocycles. The van der Waals surface area contributed by atoms with Gasteiger partial charge < -0.3 is 15.5 Å². The Morgan fingerprint density at radius 2 is 2.04 bits per heavy atom. The molecule has 1 heterocycles. The van der Waals surface area contributed by atoms with Crippen molar-refractivity contribution < 1.29 is 14.0 Å². The Morgan fingerprint density at radius 3 is 2.80 bits per heavy atom. The quantitative estimate of drug-likeness (QED) is 0.879. The molecule has 5 nitrogen and oxygen atoms in total. The molecule has 2 aromatic carbocycles. The van der Waals surface area contributed by atoms with Crippen LogP contribution in [0.15, 0.2) is 48.5 Å². The number of amides is 3. The molecule has 0 saturated carbocycles. The molecule has 25 heavy (non-hydrogen) atoms. The van der Waals surface area contributed by atoms with E-state index in [9.17, 15) is 14.0 Å². The van der Waals surface area contributed by atoms with E-state index in [1.807, 2.05) is 18.2 Å². The lowest BCUT2D eigenvalue weighted by Crippen LogP contribution is -2.43. The molecular formula is C18H17ClFN3O2. The van der Waals surface area contributed by atoms with Crippen molar-refractivity contribution in [3.05, 3.63) is 64.9 Å². The lowest BCUT2D eigenvalue weighted by atomic mass is 10.2. The first kappa shape index (κ1) is 17.2. The fraction of sp³-hybridized carbons (Fsp3) is 0.222. The normalized spacial score (nSPS) is 16.8. The standard InChI is InChI=1S/C18H17ClFN3O2/c19-16-7-2-1-4-12(16)10-21-18(25)22-14-9-17(24)23(11-14)15-6-3-5-13(20)8-15/h1-8,14H,9-11H2,(H2,21,22,25)/t14-/m1/s1. The fourth-order valence-electron chi connectivity index (χ4n) is 2.75. The Morgan fingerprint density at radius 1 is 1.24 bits per heavy atom. The summed E-state index contributed by atoms with van der Waals surface area (Å²) in [6.07, 6.45) is 0.177. The zero-order valence-electron chi connectivity index (χ0n) is 13.3. The van der Waals surface area contributed by atoms with Crippen molar-refractivity contribution >= 4 is 29.2 Å². The van der Waals surface area contributed by atoms with Gasteiger partial charge in [-0.1, -0.05) is 35.9 Å². The van der Waals surface area contributed by atoms with Gasteiger partial charge in [-0.2, -0.15) is 0 Å². The topological polar surface area (TPSA) is 61.4 Å². The number of nitrogens with one attached hydrogen (secondary N) is 2. The van der Waals surface area contributed by atoms with Crippen molar-refractivity contribution in [2.24, 2.45) is 0 Å². The Hall–Kier alpha value is -2.60. The summed E-state index contributed by atoms with van der Waals surface area (Å²) in [5, 5.41) is 6.06. The van der Waals surface area contributed by atoms with Crippen LogP contribution < -0.4 is 15.5 Å². The maximum Gasteiger partial charge on any atom is 0.315 e. The number of benzene rings is 2. The van der Waals surface area contributed by atoms with E-state index in [0.29, 0.717) is 23.8 Å². The van der Waals surface area contributed by atoms with Crippen LogP contribution in [-0.2, 0) is 11.3 Å². The number of urea groups is 1. The monoisotopic (exact) mass is 361 g/mol. The van der Waals surface area contributed by atoms with Gasteiger partial charge in [-0.25, -0.2) is 9.18 Å². The molecule has 1 aliphatic heterocycles. The fourth-order valence-corrected chi connectivity index (χ4v) is 2.95. The van der Waals surface area contributed by atoms with E-state index < -0.39 is 5.82 Å². The summed E-state index contributed by atoms with van der Waals surface area (Å²) in [7, 11) is 0. The van der Waals surface area contributed by atoms with Gasteiger partial charge in [-0.15, -0.1) is 0 Å². The zero-order chi connectivity index (χ0) is 17.8. The molecule has 3 rings (SSSR count). The largest absolute Gasteiger partial charge is 0.334 e. The maximum atomic E-state index is 13.3. The smallest absolute Gasteiger partial charge is 0.315 e. The Labute approximate surface area is 149 Å². The van der Waals surface area contributed by atoms with E-state index in [2.05, 4.69) is 10.6 Å². The van der Waals surface area contributed by atoms with E-state index in [4.69, 9.17) is 11.6 Å². The highest BCUT2D eigenvalue weighted by Gasteiger charge is 2.31. The van der Waals surface area contributed by atoms with Crippen LogP contribution in [0.2, 0.25) is 5.02 Å². The van der Waals surface area contributed by atoms with Gasteiger partial charge in [-0.3, -0.25) is 4.79 Å². The Balaban J connectivity index is 1.54. The predicted molar refractivity (Wildman–Crippen MR) is 94.0 cm³/mol. The van der Waals surface area contributed by atoms with E-state index in [-0.39, 0.29) is 24.4 Å². The van der Waals surface area contributed by atoms with Gasteiger partial charge in [0.15, 0.2) is 0 Å². The van der Waals surface area contributed by atoms with Crippen molar-refractivity contribution in [3.63, 3.8) is 0 Å². The second-order valence-electron chi connectivity index (χ2n) is 5.80. The van der Waals surface area contributed by atoms with Crippen LogP contribution in [0, 0.1) is 5.82 Å². The van der Waals surface area contributed by atoms with E-state index >= 15 is 0 Å². The first-order chi connectivity index (χ1) is 12.0. The molecule has 0 aliphatic carbocycles. The lowest BCUT2D eigenvalue weighted by molar-refractivity contribution is -0.117. The second-order valence-corrected chi connectivity index (χ2v) is 6.21. The van der Waals surface area contributed by atoms with E-state index in [1.165, 1.54) is 17.0 Å². The van der Waals surface area contributed by atoms with Gasteiger partial charge in [0, 0.05) is 30.2 Å². The van der Waals surface area contributed by atoms with E-state index in [0.717, 1.165) is 5.56 Å². The summed E-state index contributed by atoms with van der Waals surface area (Å²) < 4.78 is 13.3. The number of nitrogens with zero attached hydrogens (tertiary/aromatic N) is 1. The van der Waals surface area contributed by atoms with Crippen molar-refractivity contribution in [3.8, 4) is 0 Å². The number of anilines is 1. The summed E-state index contributed by atoms with van der Waals surface area (Å²) in [4.78, 5) is 25.6. The molecule has 2 N–H and O–H groups in total. The van der Waals surface area contributed by atoms with Crippen LogP contribution in [0.1, 0.15) is 12.0 Å². The average molecular weight is 362 g/mol. The van der Waals surface area contributed by atoms with Crippen molar-refractivity contribution in [1.82, 2.24) is 10.6 Å². The molecule has 0 spiro atoms. The number of hydrogen-bond acceptors (Lipinski definition) is 2. The number of carbonyl (C=O) groups is 2. The molecule has 2 aromatic rings. The molecule has 1 atom stereocenters. The second kappa shape index (κ2) is 7.53. The lowest BCUT2D eigenvalue weighted by Gasteiger charge is -2.17. The number of hydrogen-bond donors (Lipinski definition) is 2. The third kappa shape index (κ3) is 4.28. The molecule has 130 valence electrons. The third-order valence-corrected chi connectivity index (χ3v) is 4.35. The SMILES string of the molecule is O=C(NCc1ccccc1Cl)N[C@@H]1CC(=O)N(c2cccc(F)c2)C1.